The highest BCUT2D eigenvalue weighted by molar-refractivity contribution is 14.1. The molecule has 0 unspecified atom stereocenters. The van der Waals surface area contributed by atoms with E-state index >= 15 is 0 Å². The highest BCUT2D eigenvalue weighted by Gasteiger charge is 2.23. The molecule has 3 heteroatoms. The normalized spacial score (nSPS) is 31.5. The molecule has 1 aliphatic carbocycles. The first-order valence-electron chi connectivity index (χ1n) is 4.09. The Morgan fingerprint density at radius 1 is 1.36 bits per heavy atom. The minimum absolute atomic E-state index is 0.230. The second-order valence-electron chi connectivity index (χ2n) is 3.06. The van der Waals surface area contributed by atoms with Crippen LogP contribution >= 0.6 is 22.6 Å². The molecule has 1 aliphatic rings. The smallest absolute Gasteiger partial charge is 0.222 e. The summed E-state index contributed by atoms with van der Waals surface area (Å²) >= 11 is 2.47. The van der Waals surface area contributed by atoms with Crippen molar-refractivity contribution < 1.29 is 4.79 Å². The Kier molecular flexibility index (Phi) is 3.62. The van der Waals surface area contributed by atoms with Crippen LogP contribution in [0.15, 0.2) is 0 Å². The molecule has 0 bridgehead atoms. The first-order chi connectivity index (χ1) is 5.24. The zero-order chi connectivity index (χ0) is 8.27. The molecule has 0 saturated heterocycles. The lowest BCUT2D eigenvalue weighted by Gasteiger charge is -2.23. The van der Waals surface area contributed by atoms with E-state index in [9.17, 15) is 4.79 Å². The fraction of sp³-hybridized carbons (Fsp3) is 0.875. The summed E-state index contributed by atoms with van der Waals surface area (Å²) in [5, 5.41) is 2.71. The van der Waals surface area contributed by atoms with Gasteiger partial charge >= 0.3 is 0 Å². The highest BCUT2D eigenvalue weighted by atomic mass is 127. The number of amides is 1. The van der Waals surface area contributed by atoms with Crippen LogP contribution in [0.25, 0.3) is 0 Å². The summed E-state index contributed by atoms with van der Waals surface area (Å²) in [5.41, 5.74) is 0. The van der Waals surface area contributed by atoms with Crippen LogP contribution in [0.5, 0.6) is 0 Å². The summed E-state index contributed by atoms with van der Waals surface area (Å²) in [6, 6.07) is 0. The minimum atomic E-state index is 0.230. The molecule has 0 aliphatic heterocycles. The summed E-state index contributed by atoms with van der Waals surface area (Å²) in [6.45, 7) is 0. The number of halogens is 1. The summed E-state index contributed by atoms with van der Waals surface area (Å²) in [4.78, 5) is 11.2. The summed E-state index contributed by atoms with van der Waals surface area (Å²) < 4.78 is 0.800. The Labute approximate surface area is 81.3 Å². The third-order valence-corrected chi connectivity index (χ3v) is 3.52. The average molecular weight is 267 g/mol. The molecule has 0 spiro atoms. The molecule has 64 valence electrons. The predicted octanol–water partition coefficient (Wildman–Crippen LogP) is 1.73. The maximum absolute atomic E-state index is 11.2. The number of carbonyl (C=O) groups excluding carboxylic acids is 1. The van der Waals surface area contributed by atoms with E-state index in [1.54, 1.807) is 7.05 Å². The van der Waals surface area contributed by atoms with Crippen molar-refractivity contribution in [1.82, 2.24) is 5.32 Å². The molecule has 1 amide bonds. The van der Waals surface area contributed by atoms with Crippen LogP contribution in [0.3, 0.4) is 0 Å². The molecule has 0 atom stereocenters. The highest BCUT2D eigenvalue weighted by Crippen LogP contribution is 2.28. The zero-order valence-electron chi connectivity index (χ0n) is 6.77. The summed E-state index contributed by atoms with van der Waals surface area (Å²) in [6.07, 6.45) is 4.57. The van der Waals surface area contributed by atoms with Gasteiger partial charge in [-0.3, -0.25) is 4.79 Å². The van der Waals surface area contributed by atoms with Gasteiger partial charge < -0.3 is 5.32 Å². The minimum Gasteiger partial charge on any atom is -0.359 e. The molecule has 1 saturated carbocycles. The largest absolute Gasteiger partial charge is 0.359 e. The monoisotopic (exact) mass is 267 g/mol. The van der Waals surface area contributed by atoms with Crippen LogP contribution in [-0.2, 0) is 4.79 Å². The molecule has 2 nitrogen and oxygen atoms in total. The first-order valence-corrected chi connectivity index (χ1v) is 5.34. The van der Waals surface area contributed by atoms with Gasteiger partial charge in [-0.05, 0) is 25.7 Å². The Bertz CT molecular complexity index is 141. The third kappa shape index (κ3) is 2.61. The van der Waals surface area contributed by atoms with Gasteiger partial charge in [0, 0.05) is 16.9 Å². The molecule has 0 heterocycles. The lowest BCUT2D eigenvalue weighted by molar-refractivity contribution is -0.125. The first kappa shape index (κ1) is 9.29. The Balaban J connectivity index is 2.33. The molecule has 1 rings (SSSR count). The van der Waals surface area contributed by atoms with Crippen molar-refractivity contribution in [3.8, 4) is 0 Å². The molecule has 0 aromatic heterocycles. The van der Waals surface area contributed by atoms with E-state index in [2.05, 4.69) is 27.9 Å². The van der Waals surface area contributed by atoms with E-state index in [-0.39, 0.29) is 5.91 Å². The van der Waals surface area contributed by atoms with Crippen molar-refractivity contribution in [1.29, 1.82) is 0 Å². The molecular weight excluding hydrogens is 253 g/mol. The van der Waals surface area contributed by atoms with Gasteiger partial charge in [0.15, 0.2) is 0 Å². The standard InChI is InChI=1S/C8H14INO/c1-10-8(11)6-2-4-7(9)5-3-6/h6-7H,2-5H2,1H3,(H,10,11). The number of nitrogens with one attached hydrogen (secondary N) is 1. The molecular formula is C8H14INO. The van der Waals surface area contributed by atoms with E-state index in [4.69, 9.17) is 0 Å². The molecule has 1 N–H and O–H groups in total. The van der Waals surface area contributed by atoms with Gasteiger partial charge in [-0.2, -0.15) is 0 Å². The zero-order valence-corrected chi connectivity index (χ0v) is 8.93. The molecule has 0 radical (unpaired) electrons. The summed E-state index contributed by atoms with van der Waals surface area (Å²) in [5.74, 6) is 0.527. The van der Waals surface area contributed by atoms with Crippen molar-refractivity contribution in [3.63, 3.8) is 0 Å². The number of hydrogen-bond donors (Lipinski definition) is 1. The van der Waals surface area contributed by atoms with Crippen molar-refractivity contribution in [3.05, 3.63) is 0 Å². The molecule has 0 aromatic rings. The van der Waals surface area contributed by atoms with Crippen molar-refractivity contribution in [2.24, 2.45) is 5.92 Å². The lowest BCUT2D eigenvalue weighted by Crippen LogP contribution is -2.30. The van der Waals surface area contributed by atoms with Gasteiger partial charge in [0.1, 0.15) is 0 Å². The summed E-state index contributed by atoms with van der Waals surface area (Å²) in [7, 11) is 1.72. The number of rotatable bonds is 1. The quantitative estimate of drug-likeness (QED) is 0.569. The van der Waals surface area contributed by atoms with Crippen LogP contribution < -0.4 is 5.32 Å². The second kappa shape index (κ2) is 4.28. The van der Waals surface area contributed by atoms with Gasteiger partial charge in [0.2, 0.25) is 5.91 Å². The maximum atomic E-state index is 11.2. The van der Waals surface area contributed by atoms with Crippen LogP contribution in [0.1, 0.15) is 25.7 Å². The average Bonchev–Trinajstić information content (AvgIpc) is 2.05. The second-order valence-corrected chi connectivity index (χ2v) is 4.82. The predicted molar refractivity (Wildman–Crippen MR) is 53.8 cm³/mol. The van der Waals surface area contributed by atoms with E-state index in [0.717, 1.165) is 16.8 Å². The fourth-order valence-corrected chi connectivity index (χ4v) is 2.24. The lowest BCUT2D eigenvalue weighted by atomic mass is 9.89. The Hall–Kier alpha value is 0.200. The van der Waals surface area contributed by atoms with Crippen LogP contribution in [-0.4, -0.2) is 16.9 Å². The van der Waals surface area contributed by atoms with Crippen LogP contribution in [0.4, 0.5) is 0 Å². The van der Waals surface area contributed by atoms with Crippen molar-refractivity contribution in [2.45, 2.75) is 29.6 Å². The van der Waals surface area contributed by atoms with E-state index in [1.165, 1.54) is 12.8 Å². The molecule has 1 fully saturated rings. The van der Waals surface area contributed by atoms with E-state index < -0.39 is 0 Å². The van der Waals surface area contributed by atoms with E-state index in [0.29, 0.717) is 5.92 Å². The van der Waals surface area contributed by atoms with E-state index in [1.807, 2.05) is 0 Å². The van der Waals surface area contributed by atoms with Gasteiger partial charge in [0.25, 0.3) is 0 Å². The van der Waals surface area contributed by atoms with Crippen molar-refractivity contribution >= 4 is 28.5 Å². The topological polar surface area (TPSA) is 29.1 Å². The Morgan fingerprint density at radius 3 is 2.36 bits per heavy atom. The SMILES string of the molecule is CNC(=O)C1CCC(I)CC1. The molecule has 0 aromatic carbocycles. The number of hydrogen-bond acceptors (Lipinski definition) is 1. The maximum Gasteiger partial charge on any atom is 0.222 e. The van der Waals surface area contributed by atoms with Gasteiger partial charge in [0.05, 0.1) is 0 Å². The Morgan fingerprint density at radius 2 is 1.91 bits per heavy atom. The van der Waals surface area contributed by atoms with Gasteiger partial charge in [-0.25, -0.2) is 0 Å². The third-order valence-electron chi connectivity index (χ3n) is 2.27. The fourth-order valence-electron chi connectivity index (χ4n) is 1.52. The molecule has 11 heavy (non-hydrogen) atoms. The number of carbonyl (C=O) groups is 1. The van der Waals surface area contributed by atoms with Crippen LogP contribution in [0.2, 0.25) is 0 Å². The van der Waals surface area contributed by atoms with Crippen LogP contribution in [0, 0.1) is 5.92 Å². The van der Waals surface area contributed by atoms with Gasteiger partial charge in [-0.1, -0.05) is 22.6 Å². The van der Waals surface area contributed by atoms with Gasteiger partial charge in [-0.15, -0.1) is 0 Å². The van der Waals surface area contributed by atoms with Crippen molar-refractivity contribution in [2.75, 3.05) is 7.05 Å². The number of alkyl halides is 1.